The number of carbonyl (C=O) groups is 2. The molecule has 1 heterocycles. The number of amides is 2. The van der Waals surface area contributed by atoms with Gasteiger partial charge in [-0.3, -0.25) is 4.79 Å². The molecule has 1 aliphatic rings. The minimum atomic E-state index is -4.74. The zero-order valence-corrected chi connectivity index (χ0v) is 25.5. The first-order valence-corrected chi connectivity index (χ1v) is 15.3. The van der Waals surface area contributed by atoms with Crippen LogP contribution in [0.4, 0.5) is 32.4 Å². The molecule has 0 radical (unpaired) electrons. The van der Waals surface area contributed by atoms with Crippen LogP contribution in [-0.2, 0) is 19.6 Å². The van der Waals surface area contributed by atoms with Crippen LogP contribution in [0.15, 0.2) is 41.3 Å². The molecule has 0 bridgehead atoms. The van der Waals surface area contributed by atoms with Crippen molar-refractivity contribution >= 4 is 39.5 Å². The van der Waals surface area contributed by atoms with Gasteiger partial charge >= 0.3 is 12.3 Å². The average Bonchev–Trinajstić information content (AvgIpc) is 3.26. The second kappa shape index (κ2) is 12.9. The average molecular weight is 654 g/mol. The predicted molar refractivity (Wildman–Crippen MR) is 151 cm³/mol. The van der Waals surface area contributed by atoms with Crippen molar-refractivity contribution < 1.29 is 49.4 Å². The van der Waals surface area contributed by atoms with E-state index in [1.807, 2.05) is 0 Å². The lowest BCUT2D eigenvalue weighted by molar-refractivity contribution is -0.155. The summed E-state index contributed by atoms with van der Waals surface area (Å²) in [7, 11) is -3.08. The number of alkyl halides is 3. The number of carbonyl (C=O) groups excluding carboxylic acids is 2. The zero-order valence-electron chi connectivity index (χ0n) is 23.9. The third-order valence-corrected chi connectivity index (χ3v) is 9.57. The van der Waals surface area contributed by atoms with Crippen molar-refractivity contribution in [1.29, 1.82) is 0 Å². The summed E-state index contributed by atoms with van der Waals surface area (Å²) < 4.78 is 106. The van der Waals surface area contributed by atoms with Crippen LogP contribution in [0.5, 0.6) is 5.75 Å². The normalized spacial score (nSPS) is 20.9. The highest BCUT2D eigenvalue weighted by Crippen LogP contribution is 2.59. The van der Waals surface area contributed by atoms with Crippen LogP contribution in [-0.4, -0.2) is 62.4 Å². The highest BCUT2D eigenvalue weighted by Gasteiger charge is 2.60. The molecule has 2 aromatic carbocycles. The van der Waals surface area contributed by atoms with E-state index in [0.29, 0.717) is 11.8 Å². The Balaban J connectivity index is 1.79. The molecule has 3 rings (SSSR count). The molecule has 0 spiro atoms. The van der Waals surface area contributed by atoms with Crippen molar-refractivity contribution in [3.8, 4) is 5.75 Å². The maximum absolute atomic E-state index is 14.5. The number of hydrogen-bond acceptors (Lipinski definition) is 7. The number of benzene rings is 2. The largest absolute Gasteiger partial charge is 0.493 e. The van der Waals surface area contributed by atoms with E-state index in [0.717, 1.165) is 32.2 Å². The molecule has 2 aromatic rings. The van der Waals surface area contributed by atoms with Crippen molar-refractivity contribution in [1.82, 2.24) is 10.0 Å². The van der Waals surface area contributed by atoms with Gasteiger partial charge in [0, 0.05) is 30.3 Å². The number of nitrogens with one attached hydrogen (secondary N) is 3. The summed E-state index contributed by atoms with van der Waals surface area (Å²) >= 11 is 0.324. The third-order valence-electron chi connectivity index (χ3n) is 6.40. The lowest BCUT2D eigenvalue weighted by atomic mass is 9.85. The van der Waals surface area contributed by atoms with E-state index >= 15 is 0 Å². The molecule has 0 saturated carbocycles. The highest BCUT2D eigenvalue weighted by molar-refractivity contribution is 8.02. The molecule has 43 heavy (non-hydrogen) atoms. The number of sulfonamides is 1. The number of halogens is 5. The number of hydrogen-bond donors (Lipinski definition) is 3. The number of thioether (sulfide) groups is 1. The Morgan fingerprint density at radius 3 is 2.37 bits per heavy atom. The smallest absolute Gasteiger partial charge is 0.407 e. The van der Waals surface area contributed by atoms with Crippen LogP contribution in [0.25, 0.3) is 0 Å². The topological polar surface area (TPSA) is 123 Å². The molecule has 9 nitrogen and oxygen atoms in total. The van der Waals surface area contributed by atoms with Gasteiger partial charge < -0.3 is 20.1 Å². The van der Waals surface area contributed by atoms with E-state index in [2.05, 4.69) is 15.4 Å². The Morgan fingerprint density at radius 2 is 1.77 bits per heavy atom. The maximum Gasteiger partial charge on any atom is 0.407 e. The first-order valence-electron chi connectivity index (χ1n) is 12.9. The van der Waals surface area contributed by atoms with E-state index in [-0.39, 0.29) is 29.2 Å². The van der Waals surface area contributed by atoms with Gasteiger partial charge in [0.25, 0.3) is 0 Å². The Hall–Kier alpha value is -3.11. The van der Waals surface area contributed by atoms with Crippen LogP contribution in [0.2, 0.25) is 0 Å². The molecule has 3 atom stereocenters. The zero-order chi connectivity index (χ0) is 32.4. The molecule has 238 valence electrons. The third kappa shape index (κ3) is 8.29. The molecule has 0 aromatic heterocycles. The quantitative estimate of drug-likeness (QED) is 0.247. The van der Waals surface area contributed by atoms with Gasteiger partial charge in [0.05, 0.1) is 17.3 Å². The molecule has 16 heteroatoms. The minimum Gasteiger partial charge on any atom is -0.493 e. The van der Waals surface area contributed by atoms with Gasteiger partial charge in [-0.25, -0.2) is 22.3 Å². The standard InChI is InChI=1S/C27H32F5N3O6S2/c1-25(2,3)41-24(37)33-11-12-34-43(38,39)16-8-6-7-15(13-16)35-23(36)22-18(14-26(4,42-22)27(30,31)32)17-9-10-19(28)20(29)21(17)40-5/h6-10,13,18,22,34H,11-12,14H2,1-5H3,(H,33,37)(H,35,36)/t18-,22+,26+/m0/s1. The second-order valence-electron chi connectivity index (χ2n) is 10.9. The molecular formula is C27H32F5N3O6S2. The van der Waals surface area contributed by atoms with Crippen molar-refractivity contribution in [2.24, 2.45) is 0 Å². The number of alkyl carbamates (subject to hydrolysis) is 1. The van der Waals surface area contributed by atoms with Crippen LogP contribution < -0.4 is 20.1 Å². The molecule has 2 amide bonds. The Bertz CT molecular complexity index is 1470. The second-order valence-corrected chi connectivity index (χ2v) is 14.3. The number of anilines is 1. The van der Waals surface area contributed by atoms with Crippen LogP contribution in [0.1, 0.15) is 45.6 Å². The summed E-state index contributed by atoms with van der Waals surface area (Å²) in [5.41, 5.74) is -0.877. The molecule has 1 saturated heterocycles. The van der Waals surface area contributed by atoms with Gasteiger partial charge in [0.1, 0.15) is 10.3 Å². The monoisotopic (exact) mass is 653 g/mol. The number of methoxy groups -OCH3 is 1. The van der Waals surface area contributed by atoms with Gasteiger partial charge in [0.15, 0.2) is 11.6 Å². The van der Waals surface area contributed by atoms with Gasteiger partial charge in [0.2, 0.25) is 21.7 Å². The minimum absolute atomic E-state index is 0.0306. The molecular weight excluding hydrogens is 621 g/mol. The first kappa shape index (κ1) is 34.4. The van der Waals surface area contributed by atoms with Crippen molar-refractivity contribution in [3.63, 3.8) is 0 Å². The molecule has 1 aliphatic heterocycles. The number of rotatable bonds is 9. The fourth-order valence-corrected chi connectivity index (χ4v) is 7.00. The van der Waals surface area contributed by atoms with E-state index in [9.17, 15) is 40.0 Å². The Kier molecular flexibility index (Phi) is 10.3. The van der Waals surface area contributed by atoms with Gasteiger partial charge in [-0.05, 0) is 58.4 Å². The summed E-state index contributed by atoms with van der Waals surface area (Å²) in [5.74, 6) is -5.39. The maximum atomic E-state index is 14.5. The molecule has 0 aliphatic carbocycles. The predicted octanol–water partition coefficient (Wildman–Crippen LogP) is 5.33. The highest BCUT2D eigenvalue weighted by atomic mass is 32.2. The summed E-state index contributed by atoms with van der Waals surface area (Å²) in [6.07, 6.45) is -6.10. The lowest BCUT2D eigenvalue weighted by Crippen LogP contribution is -2.37. The number of ether oxygens (including phenoxy) is 2. The Morgan fingerprint density at radius 1 is 1.09 bits per heavy atom. The van der Waals surface area contributed by atoms with Crippen LogP contribution >= 0.6 is 11.8 Å². The first-order chi connectivity index (χ1) is 19.8. The van der Waals surface area contributed by atoms with Crippen molar-refractivity contribution in [2.45, 2.75) is 66.7 Å². The van der Waals surface area contributed by atoms with E-state index in [4.69, 9.17) is 9.47 Å². The van der Waals surface area contributed by atoms with E-state index < -0.39 is 73.5 Å². The summed E-state index contributed by atoms with van der Waals surface area (Å²) in [6, 6.07) is 6.84. The Labute approximate surface area is 250 Å². The van der Waals surface area contributed by atoms with Crippen LogP contribution in [0.3, 0.4) is 0 Å². The van der Waals surface area contributed by atoms with E-state index in [1.165, 1.54) is 18.2 Å². The van der Waals surface area contributed by atoms with Gasteiger partial charge in [-0.2, -0.15) is 17.6 Å². The summed E-state index contributed by atoms with van der Waals surface area (Å²) in [4.78, 5) is 24.8. The fraction of sp³-hybridized carbons (Fsp3) is 0.481. The summed E-state index contributed by atoms with van der Waals surface area (Å²) in [6.45, 7) is 5.64. The van der Waals surface area contributed by atoms with E-state index in [1.54, 1.807) is 20.8 Å². The fourth-order valence-electron chi connectivity index (χ4n) is 4.38. The van der Waals surface area contributed by atoms with Crippen molar-refractivity contribution in [3.05, 3.63) is 53.6 Å². The SMILES string of the molecule is COc1c([C@@H]2C[C@](C)(C(F)(F)F)S[C@H]2C(=O)Nc2cccc(S(=O)(=O)NCCNC(=O)OC(C)(C)C)c2)ccc(F)c1F. The molecule has 0 unspecified atom stereocenters. The van der Waals surface area contributed by atoms with Gasteiger partial charge in [-0.15, -0.1) is 11.8 Å². The lowest BCUT2D eigenvalue weighted by Gasteiger charge is -2.26. The molecule has 3 N–H and O–H groups in total. The van der Waals surface area contributed by atoms with Gasteiger partial charge in [-0.1, -0.05) is 12.1 Å². The van der Waals surface area contributed by atoms with Crippen molar-refractivity contribution in [2.75, 3.05) is 25.5 Å². The summed E-state index contributed by atoms with van der Waals surface area (Å²) in [5, 5.41) is 3.42. The molecule has 1 fully saturated rings. The van der Waals surface area contributed by atoms with Crippen LogP contribution in [0, 0.1) is 11.6 Å².